The summed E-state index contributed by atoms with van der Waals surface area (Å²) in [6.07, 6.45) is -0.445. The molecule has 1 amide bonds. The van der Waals surface area contributed by atoms with Crippen molar-refractivity contribution in [3.05, 3.63) is 29.3 Å². The van der Waals surface area contributed by atoms with E-state index < -0.39 is 17.1 Å². The molecule has 1 rings (SSSR count). The Bertz CT molecular complexity index is 523. The number of carbonyl (C=O) groups is 1. The van der Waals surface area contributed by atoms with Crippen LogP contribution in [0.1, 0.15) is 38.8 Å². The van der Waals surface area contributed by atoms with E-state index in [4.69, 9.17) is 15.2 Å². The van der Waals surface area contributed by atoms with E-state index in [1.165, 1.54) is 0 Å². The van der Waals surface area contributed by atoms with Gasteiger partial charge in [-0.15, -0.1) is 0 Å². The quantitative estimate of drug-likeness (QED) is 0.877. The van der Waals surface area contributed by atoms with Crippen molar-refractivity contribution in [2.75, 3.05) is 20.2 Å². The van der Waals surface area contributed by atoms with Crippen LogP contribution in [0.3, 0.4) is 0 Å². The van der Waals surface area contributed by atoms with E-state index in [2.05, 4.69) is 5.32 Å². The summed E-state index contributed by atoms with van der Waals surface area (Å²) in [4.78, 5) is 11.9. The second-order valence-electron chi connectivity index (χ2n) is 6.77. The van der Waals surface area contributed by atoms with Crippen LogP contribution in [0, 0.1) is 6.92 Å². The molecule has 1 atom stereocenters. The number of rotatable bonds is 5. The number of ether oxygens (including phenoxy) is 2. The van der Waals surface area contributed by atoms with Crippen LogP contribution in [0.5, 0.6) is 5.75 Å². The van der Waals surface area contributed by atoms with Gasteiger partial charge in [0.2, 0.25) is 0 Å². The van der Waals surface area contributed by atoms with Gasteiger partial charge in [0.1, 0.15) is 11.4 Å². The topological polar surface area (TPSA) is 73.6 Å². The molecule has 0 aliphatic carbocycles. The van der Waals surface area contributed by atoms with E-state index in [9.17, 15) is 4.79 Å². The largest absolute Gasteiger partial charge is 0.496 e. The molecule has 0 aliphatic rings. The lowest BCUT2D eigenvalue weighted by molar-refractivity contribution is 0.0516. The lowest BCUT2D eigenvalue weighted by Gasteiger charge is -2.32. The van der Waals surface area contributed by atoms with Gasteiger partial charge in [-0.1, -0.05) is 19.1 Å². The van der Waals surface area contributed by atoms with Crippen molar-refractivity contribution < 1.29 is 14.3 Å². The van der Waals surface area contributed by atoms with Crippen molar-refractivity contribution in [3.63, 3.8) is 0 Å². The molecular formula is C17H28N2O3. The van der Waals surface area contributed by atoms with E-state index in [0.29, 0.717) is 13.1 Å². The number of nitrogens with one attached hydrogen (secondary N) is 1. The van der Waals surface area contributed by atoms with Crippen LogP contribution in [-0.2, 0) is 10.2 Å². The SMILES string of the molecule is COc1cccc(C)c1C(C)(CN)CNC(=O)OC(C)(C)C. The minimum absolute atomic E-state index is 0.375. The first kappa shape index (κ1) is 18.3. The highest BCUT2D eigenvalue weighted by molar-refractivity contribution is 5.68. The van der Waals surface area contributed by atoms with Gasteiger partial charge in [0, 0.05) is 24.1 Å². The number of hydrogen-bond acceptors (Lipinski definition) is 4. The lowest BCUT2D eigenvalue weighted by atomic mass is 9.79. The molecule has 5 heteroatoms. The molecule has 0 aromatic heterocycles. The second-order valence-corrected chi connectivity index (χ2v) is 6.77. The third-order valence-electron chi connectivity index (χ3n) is 3.53. The molecular weight excluding hydrogens is 280 g/mol. The molecule has 0 bridgehead atoms. The Labute approximate surface area is 133 Å². The van der Waals surface area contributed by atoms with E-state index >= 15 is 0 Å². The van der Waals surface area contributed by atoms with Gasteiger partial charge in [-0.2, -0.15) is 0 Å². The molecule has 3 N–H and O–H groups in total. The normalized spacial score (nSPS) is 14.1. The Kier molecular flexibility index (Phi) is 5.83. The highest BCUT2D eigenvalue weighted by Gasteiger charge is 2.31. The van der Waals surface area contributed by atoms with E-state index in [1.807, 2.05) is 52.8 Å². The zero-order valence-electron chi connectivity index (χ0n) is 14.4. The Morgan fingerprint density at radius 2 is 1.91 bits per heavy atom. The number of amides is 1. The van der Waals surface area contributed by atoms with Crippen LogP contribution < -0.4 is 15.8 Å². The zero-order valence-corrected chi connectivity index (χ0v) is 14.4. The fourth-order valence-corrected chi connectivity index (χ4v) is 2.43. The molecule has 5 nitrogen and oxygen atoms in total. The molecule has 22 heavy (non-hydrogen) atoms. The Balaban J connectivity index is 2.96. The lowest BCUT2D eigenvalue weighted by Crippen LogP contribution is -2.45. The maximum absolute atomic E-state index is 11.9. The number of carbonyl (C=O) groups excluding carboxylic acids is 1. The molecule has 0 spiro atoms. The highest BCUT2D eigenvalue weighted by atomic mass is 16.6. The monoisotopic (exact) mass is 308 g/mol. The molecule has 0 saturated carbocycles. The Morgan fingerprint density at radius 3 is 2.41 bits per heavy atom. The van der Waals surface area contributed by atoms with Crippen molar-refractivity contribution in [2.24, 2.45) is 5.73 Å². The number of alkyl carbamates (subject to hydrolysis) is 1. The summed E-state index contributed by atoms with van der Waals surface area (Å²) in [5.41, 5.74) is 7.13. The van der Waals surface area contributed by atoms with Gasteiger partial charge in [-0.3, -0.25) is 0 Å². The van der Waals surface area contributed by atoms with Crippen LogP contribution >= 0.6 is 0 Å². The number of benzene rings is 1. The third-order valence-corrected chi connectivity index (χ3v) is 3.53. The van der Waals surface area contributed by atoms with Crippen LogP contribution in [0.4, 0.5) is 4.79 Å². The van der Waals surface area contributed by atoms with Crippen molar-refractivity contribution >= 4 is 6.09 Å². The molecule has 0 fully saturated rings. The van der Waals surface area contributed by atoms with Gasteiger partial charge < -0.3 is 20.5 Å². The molecule has 1 unspecified atom stereocenters. The van der Waals surface area contributed by atoms with Crippen LogP contribution in [0.2, 0.25) is 0 Å². The first-order valence-corrected chi connectivity index (χ1v) is 7.44. The van der Waals surface area contributed by atoms with E-state index in [-0.39, 0.29) is 0 Å². The van der Waals surface area contributed by atoms with Gasteiger partial charge in [0.05, 0.1) is 7.11 Å². The van der Waals surface area contributed by atoms with Gasteiger partial charge >= 0.3 is 6.09 Å². The fraction of sp³-hybridized carbons (Fsp3) is 0.588. The Morgan fingerprint density at radius 1 is 1.27 bits per heavy atom. The maximum atomic E-state index is 11.9. The van der Waals surface area contributed by atoms with Crippen LogP contribution in [-0.4, -0.2) is 31.9 Å². The van der Waals surface area contributed by atoms with Gasteiger partial charge in [0.15, 0.2) is 0 Å². The summed E-state index contributed by atoms with van der Waals surface area (Å²) < 4.78 is 10.7. The van der Waals surface area contributed by atoms with Crippen molar-refractivity contribution in [1.82, 2.24) is 5.32 Å². The van der Waals surface area contributed by atoms with Crippen molar-refractivity contribution in [3.8, 4) is 5.75 Å². The molecule has 124 valence electrons. The third kappa shape index (κ3) is 4.63. The summed E-state index contributed by atoms with van der Waals surface area (Å²) in [6, 6.07) is 5.86. The summed E-state index contributed by atoms with van der Waals surface area (Å²) in [5, 5.41) is 2.81. The zero-order chi connectivity index (χ0) is 17.0. The van der Waals surface area contributed by atoms with Crippen molar-refractivity contribution in [2.45, 2.75) is 45.6 Å². The molecule has 0 radical (unpaired) electrons. The van der Waals surface area contributed by atoms with Gasteiger partial charge in [-0.05, 0) is 39.3 Å². The average Bonchev–Trinajstić information content (AvgIpc) is 2.42. The summed E-state index contributed by atoms with van der Waals surface area (Å²) in [6.45, 7) is 10.3. The van der Waals surface area contributed by atoms with E-state index in [0.717, 1.165) is 16.9 Å². The predicted octanol–water partition coefficient (Wildman–Crippen LogP) is 2.74. The summed E-state index contributed by atoms with van der Waals surface area (Å²) in [5.74, 6) is 0.777. The smallest absolute Gasteiger partial charge is 0.407 e. The first-order valence-electron chi connectivity index (χ1n) is 7.44. The number of hydrogen-bond donors (Lipinski definition) is 2. The summed E-state index contributed by atoms with van der Waals surface area (Å²) >= 11 is 0. The number of nitrogens with two attached hydrogens (primary N) is 1. The maximum Gasteiger partial charge on any atom is 0.407 e. The van der Waals surface area contributed by atoms with Gasteiger partial charge in [-0.25, -0.2) is 4.79 Å². The average molecular weight is 308 g/mol. The van der Waals surface area contributed by atoms with E-state index in [1.54, 1.807) is 7.11 Å². The number of aryl methyl sites for hydroxylation is 1. The fourth-order valence-electron chi connectivity index (χ4n) is 2.43. The molecule has 1 aromatic rings. The first-order chi connectivity index (χ1) is 10.1. The van der Waals surface area contributed by atoms with Crippen LogP contribution in [0.25, 0.3) is 0 Å². The highest BCUT2D eigenvalue weighted by Crippen LogP contribution is 2.33. The van der Waals surface area contributed by atoms with Crippen molar-refractivity contribution in [1.29, 1.82) is 0 Å². The number of methoxy groups -OCH3 is 1. The standard InChI is InChI=1S/C17H28N2O3/c1-12-8-7-9-13(21-6)14(12)17(5,10-18)11-19-15(20)22-16(2,3)4/h7-9H,10-11,18H2,1-6H3,(H,19,20). The Hall–Kier alpha value is -1.75. The summed E-state index contributed by atoms with van der Waals surface area (Å²) in [7, 11) is 1.64. The predicted molar refractivity (Wildman–Crippen MR) is 88.4 cm³/mol. The molecule has 0 heterocycles. The van der Waals surface area contributed by atoms with Gasteiger partial charge in [0.25, 0.3) is 0 Å². The molecule has 0 aliphatic heterocycles. The minimum atomic E-state index is -0.524. The molecule has 0 saturated heterocycles. The van der Waals surface area contributed by atoms with Crippen LogP contribution in [0.15, 0.2) is 18.2 Å². The second kappa shape index (κ2) is 7.01. The molecule has 1 aromatic carbocycles. The minimum Gasteiger partial charge on any atom is -0.496 e.